The third-order valence-corrected chi connectivity index (χ3v) is 2.18. The van der Waals surface area contributed by atoms with Gasteiger partial charge < -0.3 is 10.1 Å². The summed E-state index contributed by atoms with van der Waals surface area (Å²) in [6, 6.07) is 0. The van der Waals surface area contributed by atoms with Crippen molar-refractivity contribution in [2.75, 3.05) is 19.8 Å². The summed E-state index contributed by atoms with van der Waals surface area (Å²) in [7, 11) is 1.89. The molecule has 0 atom stereocenters. The van der Waals surface area contributed by atoms with Gasteiger partial charge in [-0.25, -0.2) is 0 Å². The van der Waals surface area contributed by atoms with Gasteiger partial charge in [0.2, 0.25) is 0 Å². The van der Waals surface area contributed by atoms with Gasteiger partial charge in [0.25, 0.3) is 0 Å². The zero-order valence-electron chi connectivity index (χ0n) is 9.57. The average Bonchev–Trinajstić information content (AvgIpc) is 2.63. The molecule has 1 aromatic heterocycles. The van der Waals surface area contributed by atoms with Crippen LogP contribution < -0.4 is 5.32 Å². The van der Waals surface area contributed by atoms with Crippen molar-refractivity contribution in [3.05, 3.63) is 11.9 Å². The first kappa shape index (κ1) is 12.1. The van der Waals surface area contributed by atoms with Crippen molar-refractivity contribution in [2.24, 2.45) is 7.05 Å². The van der Waals surface area contributed by atoms with Gasteiger partial charge in [0, 0.05) is 26.7 Å². The molecule has 1 N–H and O–H groups in total. The summed E-state index contributed by atoms with van der Waals surface area (Å²) in [5, 5.41) is 10.9. The van der Waals surface area contributed by atoms with Crippen LogP contribution in [0.2, 0.25) is 0 Å². The maximum Gasteiger partial charge on any atom is 0.0738 e. The van der Waals surface area contributed by atoms with Gasteiger partial charge in [0.15, 0.2) is 0 Å². The summed E-state index contributed by atoms with van der Waals surface area (Å²) < 4.78 is 7.19. The molecule has 0 aliphatic heterocycles. The second kappa shape index (κ2) is 7.36. The molecule has 1 rings (SSSR count). The van der Waals surface area contributed by atoms with Gasteiger partial charge >= 0.3 is 0 Å². The molecule has 1 heterocycles. The van der Waals surface area contributed by atoms with Crippen molar-refractivity contribution in [2.45, 2.75) is 26.3 Å². The number of rotatable bonds is 8. The third-order valence-electron chi connectivity index (χ3n) is 2.18. The molecule has 0 radical (unpaired) electrons. The van der Waals surface area contributed by atoms with E-state index in [1.807, 2.05) is 7.05 Å². The molecule has 0 aliphatic rings. The highest BCUT2D eigenvalue weighted by Gasteiger charge is 1.97. The molecule has 0 aliphatic carbocycles. The molecular formula is C10H20N4O. The minimum absolute atomic E-state index is 0.769. The van der Waals surface area contributed by atoms with Crippen molar-refractivity contribution >= 4 is 0 Å². The van der Waals surface area contributed by atoms with Crippen LogP contribution in [-0.2, 0) is 18.3 Å². The van der Waals surface area contributed by atoms with Crippen LogP contribution in [0.15, 0.2) is 6.20 Å². The van der Waals surface area contributed by atoms with Crippen molar-refractivity contribution in [1.82, 2.24) is 20.3 Å². The molecule has 1 aromatic rings. The van der Waals surface area contributed by atoms with Crippen molar-refractivity contribution in [3.63, 3.8) is 0 Å². The topological polar surface area (TPSA) is 52.0 Å². The van der Waals surface area contributed by atoms with E-state index in [1.165, 1.54) is 6.42 Å². The van der Waals surface area contributed by atoms with E-state index in [9.17, 15) is 0 Å². The monoisotopic (exact) mass is 212 g/mol. The Morgan fingerprint density at radius 1 is 1.47 bits per heavy atom. The predicted molar refractivity (Wildman–Crippen MR) is 58.4 cm³/mol. The lowest BCUT2D eigenvalue weighted by molar-refractivity contribution is 0.132. The first-order valence-electron chi connectivity index (χ1n) is 5.46. The molecule has 0 saturated heterocycles. The van der Waals surface area contributed by atoms with E-state index < -0.39 is 0 Å². The first-order valence-corrected chi connectivity index (χ1v) is 5.46. The van der Waals surface area contributed by atoms with Crippen LogP contribution in [0.5, 0.6) is 0 Å². The fraction of sp³-hybridized carbons (Fsp3) is 0.800. The highest BCUT2D eigenvalue weighted by Crippen LogP contribution is 1.91. The zero-order chi connectivity index (χ0) is 10.9. The molecular weight excluding hydrogens is 192 g/mol. The first-order chi connectivity index (χ1) is 7.34. The highest BCUT2D eigenvalue weighted by atomic mass is 16.5. The van der Waals surface area contributed by atoms with Crippen LogP contribution in [0.3, 0.4) is 0 Å². The molecule has 5 nitrogen and oxygen atoms in total. The Balaban J connectivity index is 1.96. The average molecular weight is 212 g/mol. The van der Waals surface area contributed by atoms with Crippen LogP contribution in [0.1, 0.15) is 25.5 Å². The van der Waals surface area contributed by atoms with E-state index in [2.05, 4.69) is 22.6 Å². The smallest absolute Gasteiger partial charge is 0.0738 e. The van der Waals surface area contributed by atoms with E-state index in [4.69, 9.17) is 4.74 Å². The number of hydrogen-bond donors (Lipinski definition) is 1. The van der Waals surface area contributed by atoms with Crippen molar-refractivity contribution in [1.29, 1.82) is 0 Å². The van der Waals surface area contributed by atoms with Gasteiger partial charge in [0.1, 0.15) is 0 Å². The van der Waals surface area contributed by atoms with Crippen LogP contribution in [0, 0.1) is 0 Å². The minimum Gasteiger partial charge on any atom is -0.380 e. The number of hydrogen-bond acceptors (Lipinski definition) is 4. The van der Waals surface area contributed by atoms with Gasteiger partial charge in [-0.1, -0.05) is 18.6 Å². The number of aromatic nitrogens is 3. The molecule has 15 heavy (non-hydrogen) atoms. The molecule has 0 fully saturated rings. The van der Waals surface area contributed by atoms with E-state index in [-0.39, 0.29) is 0 Å². The largest absolute Gasteiger partial charge is 0.380 e. The fourth-order valence-corrected chi connectivity index (χ4v) is 1.18. The summed E-state index contributed by atoms with van der Waals surface area (Å²) in [4.78, 5) is 0. The zero-order valence-corrected chi connectivity index (χ0v) is 9.57. The Morgan fingerprint density at radius 3 is 3.00 bits per heavy atom. The van der Waals surface area contributed by atoms with Crippen LogP contribution in [0.25, 0.3) is 0 Å². The summed E-state index contributed by atoms with van der Waals surface area (Å²) in [6.45, 7) is 5.46. The number of ether oxygens (including phenoxy) is 1. The number of nitrogens with one attached hydrogen (secondary N) is 1. The minimum atomic E-state index is 0.769. The van der Waals surface area contributed by atoms with Gasteiger partial charge in [-0.05, 0) is 6.42 Å². The van der Waals surface area contributed by atoms with Crippen molar-refractivity contribution < 1.29 is 4.74 Å². The molecule has 0 bridgehead atoms. The highest BCUT2D eigenvalue weighted by molar-refractivity contribution is 4.91. The van der Waals surface area contributed by atoms with Crippen LogP contribution in [0.4, 0.5) is 0 Å². The van der Waals surface area contributed by atoms with E-state index in [0.717, 1.165) is 38.4 Å². The summed E-state index contributed by atoms with van der Waals surface area (Å²) >= 11 is 0. The second-order valence-electron chi connectivity index (χ2n) is 3.49. The normalized spacial score (nSPS) is 10.8. The molecule has 0 aromatic carbocycles. The van der Waals surface area contributed by atoms with Gasteiger partial charge in [-0.15, -0.1) is 5.10 Å². The Morgan fingerprint density at radius 2 is 2.33 bits per heavy atom. The molecule has 0 spiro atoms. The third kappa shape index (κ3) is 4.90. The van der Waals surface area contributed by atoms with E-state index in [0.29, 0.717) is 0 Å². The lowest BCUT2D eigenvalue weighted by Crippen LogP contribution is -2.20. The summed E-state index contributed by atoms with van der Waals surface area (Å²) in [6.07, 6.45) is 4.10. The van der Waals surface area contributed by atoms with Gasteiger partial charge in [0.05, 0.1) is 18.5 Å². The maximum absolute atomic E-state index is 5.42. The number of aryl methyl sites for hydroxylation is 1. The Bertz CT molecular complexity index is 262. The lowest BCUT2D eigenvalue weighted by atomic mass is 10.4. The SMILES string of the molecule is CCCCOCCNCc1cnnn1C. The fourth-order valence-electron chi connectivity index (χ4n) is 1.18. The van der Waals surface area contributed by atoms with Gasteiger partial charge in [-0.3, -0.25) is 4.68 Å². The predicted octanol–water partition coefficient (Wildman–Crippen LogP) is 0.721. The standard InChI is InChI=1S/C10H20N4O/c1-3-4-6-15-7-5-11-8-10-9-12-13-14(10)2/h9,11H,3-8H2,1-2H3. The van der Waals surface area contributed by atoms with Crippen LogP contribution >= 0.6 is 0 Å². The molecule has 0 saturated carbocycles. The molecule has 86 valence electrons. The molecule has 0 amide bonds. The maximum atomic E-state index is 5.42. The summed E-state index contributed by atoms with van der Waals surface area (Å²) in [5.74, 6) is 0. The number of unbranched alkanes of at least 4 members (excludes halogenated alkanes) is 1. The van der Waals surface area contributed by atoms with Crippen LogP contribution in [-0.4, -0.2) is 34.8 Å². The van der Waals surface area contributed by atoms with E-state index >= 15 is 0 Å². The summed E-state index contributed by atoms with van der Waals surface area (Å²) in [5.41, 5.74) is 1.09. The molecule has 0 unspecified atom stereocenters. The van der Waals surface area contributed by atoms with E-state index in [1.54, 1.807) is 10.9 Å². The second-order valence-corrected chi connectivity index (χ2v) is 3.49. The van der Waals surface area contributed by atoms with Crippen molar-refractivity contribution in [3.8, 4) is 0 Å². The number of nitrogens with zero attached hydrogens (tertiary/aromatic N) is 3. The Kier molecular flexibility index (Phi) is 5.96. The quantitative estimate of drug-likeness (QED) is 0.645. The Labute approximate surface area is 90.8 Å². The Hall–Kier alpha value is -0.940. The molecule has 5 heteroatoms. The lowest BCUT2D eigenvalue weighted by Gasteiger charge is -2.05. The van der Waals surface area contributed by atoms with Gasteiger partial charge in [-0.2, -0.15) is 0 Å².